The van der Waals surface area contributed by atoms with Gasteiger partial charge in [0.25, 0.3) is 0 Å². The number of hydrogen-bond acceptors (Lipinski definition) is 3. The third-order valence-electron chi connectivity index (χ3n) is 3.89. The first-order chi connectivity index (χ1) is 10.3. The molecule has 1 atom stereocenters. The highest BCUT2D eigenvalue weighted by atomic mass is 16.3. The summed E-state index contributed by atoms with van der Waals surface area (Å²) in [4.78, 5) is 4.06. The first kappa shape index (κ1) is 13.8. The minimum Gasteiger partial charge on any atom is -0.461 e. The molecule has 2 aromatic heterocycles. The lowest BCUT2D eigenvalue weighted by Gasteiger charge is -2.14. The number of aromatic nitrogens is 1. The summed E-state index contributed by atoms with van der Waals surface area (Å²) in [5.74, 6) is 1.07. The van der Waals surface area contributed by atoms with Gasteiger partial charge in [0.2, 0.25) is 0 Å². The lowest BCUT2D eigenvalue weighted by Crippen LogP contribution is -2.18. The highest BCUT2D eigenvalue weighted by molar-refractivity contribution is 5.82. The van der Waals surface area contributed by atoms with Crippen LogP contribution in [0.4, 0.5) is 0 Å². The number of furan rings is 1. The zero-order chi connectivity index (χ0) is 14.7. The Balaban J connectivity index is 1.82. The van der Waals surface area contributed by atoms with Crippen molar-refractivity contribution in [1.82, 2.24) is 10.3 Å². The predicted molar refractivity (Wildman–Crippen MR) is 85.1 cm³/mol. The zero-order valence-electron chi connectivity index (χ0n) is 12.5. The van der Waals surface area contributed by atoms with E-state index in [-0.39, 0.29) is 6.04 Å². The van der Waals surface area contributed by atoms with Crippen LogP contribution in [0.25, 0.3) is 11.0 Å². The van der Waals surface area contributed by atoms with Gasteiger partial charge in [0.1, 0.15) is 11.3 Å². The van der Waals surface area contributed by atoms with E-state index in [1.54, 1.807) is 0 Å². The second kappa shape index (κ2) is 6.10. The van der Waals surface area contributed by atoms with Gasteiger partial charge in [-0.1, -0.05) is 25.1 Å². The molecule has 3 heteroatoms. The Morgan fingerprint density at radius 1 is 1.14 bits per heavy atom. The van der Waals surface area contributed by atoms with Crippen LogP contribution in [0, 0.1) is 0 Å². The molecule has 3 aromatic rings. The van der Waals surface area contributed by atoms with Gasteiger partial charge < -0.3 is 9.73 Å². The van der Waals surface area contributed by atoms with E-state index in [9.17, 15) is 0 Å². The van der Waals surface area contributed by atoms with Gasteiger partial charge in [-0.05, 0) is 30.7 Å². The maximum Gasteiger partial charge on any atom is 0.134 e. The van der Waals surface area contributed by atoms with Gasteiger partial charge in [-0.2, -0.15) is 0 Å². The van der Waals surface area contributed by atoms with Crippen LogP contribution in [0.2, 0.25) is 0 Å². The van der Waals surface area contributed by atoms with Crippen LogP contribution in [-0.2, 0) is 13.0 Å². The molecule has 1 N–H and O–H groups in total. The quantitative estimate of drug-likeness (QED) is 0.759. The van der Waals surface area contributed by atoms with Crippen molar-refractivity contribution in [1.29, 1.82) is 0 Å². The number of fused-ring (bicyclic) bond motifs is 1. The van der Waals surface area contributed by atoms with Gasteiger partial charge >= 0.3 is 0 Å². The van der Waals surface area contributed by atoms with Gasteiger partial charge in [0.15, 0.2) is 0 Å². The van der Waals surface area contributed by atoms with Gasteiger partial charge in [-0.3, -0.25) is 4.98 Å². The molecule has 1 aromatic carbocycles. The Kier molecular flexibility index (Phi) is 4.02. The van der Waals surface area contributed by atoms with E-state index in [2.05, 4.69) is 36.3 Å². The van der Waals surface area contributed by atoms with Crippen LogP contribution in [0.15, 0.2) is 53.2 Å². The number of rotatable bonds is 5. The number of hydrogen-bond donors (Lipinski definition) is 1. The molecule has 0 amide bonds. The van der Waals surface area contributed by atoms with Crippen LogP contribution in [0.5, 0.6) is 0 Å². The average Bonchev–Trinajstić information content (AvgIpc) is 2.91. The zero-order valence-corrected chi connectivity index (χ0v) is 12.5. The van der Waals surface area contributed by atoms with Crippen LogP contribution >= 0.6 is 0 Å². The maximum atomic E-state index is 5.94. The molecular formula is C18H20N2O. The summed E-state index contributed by atoms with van der Waals surface area (Å²) in [7, 11) is 0. The summed E-state index contributed by atoms with van der Waals surface area (Å²) in [6.07, 6.45) is 4.58. The highest BCUT2D eigenvalue weighted by Gasteiger charge is 2.13. The number of pyridine rings is 1. The molecule has 108 valence electrons. The molecule has 0 radical (unpaired) electrons. The molecule has 0 unspecified atom stereocenters. The van der Waals surface area contributed by atoms with Crippen molar-refractivity contribution in [2.45, 2.75) is 32.9 Å². The first-order valence-corrected chi connectivity index (χ1v) is 7.42. The Hall–Kier alpha value is -2.13. The SMILES string of the molecule is CCc1oc2ccccc2c1CN[C@H](C)c1ccncc1. The summed E-state index contributed by atoms with van der Waals surface area (Å²) in [6, 6.07) is 12.6. The first-order valence-electron chi connectivity index (χ1n) is 7.42. The molecule has 3 nitrogen and oxygen atoms in total. The standard InChI is InChI=1S/C18H20N2O/c1-3-17-16(15-6-4-5-7-18(15)21-17)12-20-13(2)14-8-10-19-11-9-14/h4-11,13,20H,3,12H2,1-2H3/t13-/m1/s1. The monoisotopic (exact) mass is 280 g/mol. The minimum absolute atomic E-state index is 0.284. The van der Waals surface area contributed by atoms with Crippen LogP contribution in [0.1, 0.15) is 36.8 Å². The molecule has 0 aliphatic carbocycles. The van der Waals surface area contributed by atoms with E-state index in [0.717, 1.165) is 24.3 Å². The van der Waals surface area contributed by atoms with Crippen LogP contribution in [0.3, 0.4) is 0 Å². The topological polar surface area (TPSA) is 38.1 Å². The van der Waals surface area contributed by atoms with Gasteiger partial charge in [-0.15, -0.1) is 0 Å². The fraction of sp³-hybridized carbons (Fsp3) is 0.278. The molecule has 0 saturated heterocycles. The summed E-state index contributed by atoms with van der Waals surface area (Å²) in [5, 5.41) is 4.79. The number of para-hydroxylation sites is 1. The second-order valence-electron chi connectivity index (χ2n) is 5.24. The lowest BCUT2D eigenvalue weighted by atomic mass is 10.1. The Morgan fingerprint density at radius 3 is 2.67 bits per heavy atom. The molecule has 3 rings (SSSR count). The summed E-state index contributed by atoms with van der Waals surface area (Å²) in [6.45, 7) is 5.11. The van der Waals surface area contributed by atoms with Crippen LogP contribution < -0.4 is 5.32 Å². The van der Waals surface area contributed by atoms with Crippen molar-refractivity contribution >= 4 is 11.0 Å². The maximum absolute atomic E-state index is 5.94. The van der Waals surface area contributed by atoms with Crippen molar-refractivity contribution in [2.24, 2.45) is 0 Å². The molecule has 0 fully saturated rings. The van der Waals surface area contributed by atoms with Crippen molar-refractivity contribution in [3.05, 3.63) is 65.7 Å². The van der Waals surface area contributed by atoms with E-state index in [1.165, 1.54) is 16.5 Å². The molecule has 21 heavy (non-hydrogen) atoms. The fourth-order valence-electron chi connectivity index (χ4n) is 2.65. The van der Waals surface area contributed by atoms with E-state index in [4.69, 9.17) is 4.42 Å². The highest BCUT2D eigenvalue weighted by Crippen LogP contribution is 2.26. The van der Waals surface area contributed by atoms with E-state index < -0.39 is 0 Å². The van der Waals surface area contributed by atoms with Crippen molar-refractivity contribution in [3.8, 4) is 0 Å². The van der Waals surface area contributed by atoms with E-state index in [1.807, 2.05) is 36.7 Å². The molecule has 0 saturated carbocycles. The number of nitrogens with one attached hydrogen (secondary N) is 1. The third-order valence-corrected chi connectivity index (χ3v) is 3.89. The average molecular weight is 280 g/mol. The van der Waals surface area contributed by atoms with Gasteiger partial charge in [0.05, 0.1) is 0 Å². The fourth-order valence-corrected chi connectivity index (χ4v) is 2.65. The molecule has 2 heterocycles. The van der Waals surface area contributed by atoms with E-state index in [0.29, 0.717) is 0 Å². The summed E-state index contributed by atoms with van der Waals surface area (Å²) in [5.41, 5.74) is 3.49. The van der Waals surface area contributed by atoms with Crippen molar-refractivity contribution in [3.63, 3.8) is 0 Å². The predicted octanol–water partition coefficient (Wildman–Crippen LogP) is 4.24. The summed E-state index contributed by atoms with van der Waals surface area (Å²) >= 11 is 0. The normalized spacial score (nSPS) is 12.7. The largest absolute Gasteiger partial charge is 0.461 e. The number of aryl methyl sites for hydroxylation is 1. The molecular weight excluding hydrogens is 260 g/mol. The third kappa shape index (κ3) is 2.83. The molecule has 0 aliphatic rings. The smallest absolute Gasteiger partial charge is 0.134 e. The number of benzene rings is 1. The second-order valence-corrected chi connectivity index (χ2v) is 5.24. The van der Waals surface area contributed by atoms with Crippen molar-refractivity contribution < 1.29 is 4.42 Å². The summed E-state index contributed by atoms with van der Waals surface area (Å²) < 4.78 is 5.94. The van der Waals surface area contributed by atoms with Gasteiger partial charge in [-0.25, -0.2) is 0 Å². The molecule has 0 bridgehead atoms. The lowest BCUT2D eigenvalue weighted by molar-refractivity contribution is 0.530. The van der Waals surface area contributed by atoms with Crippen LogP contribution in [-0.4, -0.2) is 4.98 Å². The minimum atomic E-state index is 0.284. The molecule has 0 spiro atoms. The molecule has 0 aliphatic heterocycles. The van der Waals surface area contributed by atoms with Gasteiger partial charge in [0, 0.05) is 42.4 Å². The number of nitrogens with zero attached hydrogens (tertiary/aromatic N) is 1. The van der Waals surface area contributed by atoms with Crippen molar-refractivity contribution in [2.75, 3.05) is 0 Å². The Morgan fingerprint density at radius 2 is 1.90 bits per heavy atom. The Labute approximate surface area is 125 Å². The Bertz CT molecular complexity index is 718. The van der Waals surface area contributed by atoms with E-state index >= 15 is 0 Å².